The van der Waals surface area contributed by atoms with Crippen molar-refractivity contribution in [2.45, 2.75) is 5.38 Å². The monoisotopic (exact) mass is 390 g/mol. The fourth-order valence-electron chi connectivity index (χ4n) is 2.17. The molecule has 0 aromatic heterocycles. The Kier molecular flexibility index (Phi) is 4.29. The van der Waals surface area contributed by atoms with E-state index in [1.807, 2.05) is 0 Å². The van der Waals surface area contributed by atoms with Crippen molar-refractivity contribution in [3.05, 3.63) is 56.8 Å². The number of fused-ring (bicyclic) bond motifs is 1. The molecule has 0 N–H and O–H groups in total. The van der Waals surface area contributed by atoms with Crippen LogP contribution in [0.2, 0.25) is 5.02 Å². The van der Waals surface area contributed by atoms with Gasteiger partial charge in [0.1, 0.15) is 19.0 Å². The van der Waals surface area contributed by atoms with Crippen molar-refractivity contribution in [1.29, 1.82) is 0 Å². The van der Waals surface area contributed by atoms with Gasteiger partial charge in [0.25, 0.3) is 0 Å². The van der Waals surface area contributed by atoms with E-state index in [0.717, 1.165) is 0 Å². The van der Waals surface area contributed by atoms with E-state index < -0.39 is 5.38 Å². The van der Waals surface area contributed by atoms with Gasteiger partial charge in [0.2, 0.25) is 0 Å². The van der Waals surface area contributed by atoms with Crippen LogP contribution in [0.1, 0.15) is 16.5 Å². The van der Waals surface area contributed by atoms with E-state index in [1.165, 1.54) is 12.1 Å². The molecule has 0 fully saturated rings. The van der Waals surface area contributed by atoms with Gasteiger partial charge in [0, 0.05) is 15.6 Å². The highest BCUT2D eigenvalue weighted by atomic mass is 79.9. The van der Waals surface area contributed by atoms with E-state index in [-0.39, 0.29) is 5.82 Å². The van der Waals surface area contributed by atoms with Gasteiger partial charge in [-0.05, 0) is 35.4 Å². The summed E-state index contributed by atoms with van der Waals surface area (Å²) < 4.78 is 25.1. The first-order chi connectivity index (χ1) is 10.0. The Morgan fingerprint density at radius 3 is 2.38 bits per heavy atom. The maximum atomic E-state index is 13.5. The minimum atomic E-state index is -0.583. The first-order valence-electron chi connectivity index (χ1n) is 6.23. The second kappa shape index (κ2) is 6.03. The highest BCUT2D eigenvalue weighted by Gasteiger charge is 2.21. The van der Waals surface area contributed by atoms with Gasteiger partial charge in [0.15, 0.2) is 11.5 Å². The third kappa shape index (κ3) is 3.12. The van der Waals surface area contributed by atoms with Crippen LogP contribution < -0.4 is 9.47 Å². The van der Waals surface area contributed by atoms with Crippen LogP contribution in [0.4, 0.5) is 4.39 Å². The van der Waals surface area contributed by atoms with Crippen LogP contribution in [0.15, 0.2) is 34.8 Å². The summed E-state index contributed by atoms with van der Waals surface area (Å²) >= 11 is 16.0. The number of benzene rings is 2. The van der Waals surface area contributed by atoms with E-state index in [9.17, 15) is 4.39 Å². The standard InChI is InChI=1S/C15H10BrCl2FO2/c16-9-3-8(4-10(19)5-9)15(18)11-6-13-14(7-12(11)17)21-2-1-20-13/h3-7,15H,1-2H2. The third-order valence-electron chi connectivity index (χ3n) is 3.11. The van der Waals surface area contributed by atoms with Crippen LogP contribution >= 0.6 is 39.1 Å². The van der Waals surface area contributed by atoms with Gasteiger partial charge in [-0.1, -0.05) is 27.5 Å². The Hall–Kier alpha value is -0.970. The molecule has 1 heterocycles. The van der Waals surface area contributed by atoms with Crippen LogP contribution in [-0.4, -0.2) is 13.2 Å². The van der Waals surface area contributed by atoms with E-state index >= 15 is 0 Å². The molecule has 0 saturated carbocycles. The van der Waals surface area contributed by atoms with Crippen molar-refractivity contribution in [2.75, 3.05) is 13.2 Å². The summed E-state index contributed by atoms with van der Waals surface area (Å²) in [5.41, 5.74) is 1.27. The Morgan fingerprint density at radius 1 is 1.05 bits per heavy atom. The Bertz CT molecular complexity index is 673. The zero-order valence-electron chi connectivity index (χ0n) is 10.7. The lowest BCUT2D eigenvalue weighted by Crippen LogP contribution is -2.15. The smallest absolute Gasteiger partial charge is 0.162 e. The summed E-state index contributed by atoms with van der Waals surface area (Å²) in [6.07, 6.45) is 0. The summed E-state index contributed by atoms with van der Waals surface area (Å²) in [7, 11) is 0. The molecule has 1 aliphatic rings. The highest BCUT2D eigenvalue weighted by Crippen LogP contribution is 2.42. The van der Waals surface area contributed by atoms with Crippen LogP contribution in [0.25, 0.3) is 0 Å². The first kappa shape index (κ1) is 14.9. The van der Waals surface area contributed by atoms with Crippen molar-refractivity contribution in [2.24, 2.45) is 0 Å². The maximum absolute atomic E-state index is 13.5. The molecule has 1 unspecified atom stereocenters. The topological polar surface area (TPSA) is 18.5 Å². The minimum Gasteiger partial charge on any atom is -0.486 e. The molecule has 110 valence electrons. The normalized spacial score (nSPS) is 14.9. The molecule has 3 rings (SSSR count). The minimum absolute atomic E-state index is 0.362. The predicted octanol–water partition coefficient (Wildman–Crippen LogP) is 5.34. The molecule has 2 aromatic carbocycles. The fourth-order valence-corrected chi connectivity index (χ4v) is 3.28. The van der Waals surface area contributed by atoms with Gasteiger partial charge >= 0.3 is 0 Å². The summed E-state index contributed by atoms with van der Waals surface area (Å²) in [6.45, 7) is 0.969. The molecular formula is C15H10BrCl2FO2. The zero-order chi connectivity index (χ0) is 15.0. The Morgan fingerprint density at radius 2 is 1.71 bits per heavy atom. The average molecular weight is 392 g/mol. The van der Waals surface area contributed by atoms with Crippen LogP contribution in [-0.2, 0) is 0 Å². The predicted molar refractivity (Wildman–Crippen MR) is 84.2 cm³/mol. The third-order valence-corrected chi connectivity index (χ3v) is 4.38. The average Bonchev–Trinajstić information content (AvgIpc) is 2.44. The van der Waals surface area contributed by atoms with E-state index in [2.05, 4.69) is 15.9 Å². The first-order valence-corrected chi connectivity index (χ1v) is 7.84. The van der Waals surface area contributed by atoms with E-state index in [4.69, 9.17) is 32.7 Å². The number of halogens is 4. The second-order valence-corrected chi connectivity index (χ2v) is 6.34. The molecule has 1 atom stereocenters. The molecule has 1 aliphatic heterocycles. The van der Waals surface area contributed by atoms with Gasteiger partial charge in [-0.3, -0.25) is 0 Å². The number of ether oxygens (including phenoxy) is 2. The lowest BCUT2D eigenvalue weighted by molar-refractivity contribution is 0.171. The highest BCUT2D eigenvalue weighted by molar-refractivity contribution is 9.10. The largest absolute Gasteiger partial charge is 0.486 e. The summed E-state index contributed by atoms with van der Waals surface area (Å²) in [5.74, 6) is 0.833. The number of hydrogen-bond donors (Lipinski definition) is 0. The van der Waals surface area contributed by atoms with E-state index in [1.54, 1.807) is 18.2 Å². The van der Waals surface area contributed by atoms with Crippen molar-refractivity contribution in [3.63, 3.8) is 0 Å². The molecule has 0 amide bonds. The number of alkyl halides is 1. The number of rotatable bonds is 2. The lowest BCUT2D eigenvalue weighted by Gasteiger charge is -2.21. The van der Waals surface area contributed by atoms with Crippen molar-refractivity contribution in [3.8, 4) is 11.5 Å². The summed E-state index contributed by atoms with van der Waals surface area (Å²) in [6, 6.07) is 7.93. The van der Waals surface area contributed by atoms with Gasteiger partial charge in [-0.25, -0.2) is 4.39 Å². The Labute approximate surface area is 139 Å². The van der Waals surface area contributed by atoms with Crippen LogP contribution in [0.3, 0.4) is 0 Å². The van der Waals surface area contributed by atoms with E-state index in [0.29, 0.717) is 45.3 Å². The van der Waals surface area contributed by atoms with Crippen LogP contribution in [0, 0.1) is 5.82 Å². The molecule has 2 nitrogen and oxygen atoms in total. The summed E-state index contributed by atoms with van der Waals surface area (Å²) in [5, 5.41) is -0.125. The second-order valence-electron chi connectivity index (χ2n) is 4.58. The van der Waals surface area contributed by atoms with Gasteiger partial charge in [0.05, 0.1) is 5.38 Å². The molecule has 2 aromatic rings. The maximum Gasteiger partial charge on any atom is 0.162 e. The van der Waals surface area contributed by atoms with Crippen molar-refractivity contribution < 1.29 is 13.9 Å². The van der Waals surface area contributed by atoms with Gasteiger partial charge in [-0.15, -0.1) is 11.6 Å². The SMILES string of the molecule is Fc1cc(Br)cc(C(Cl)c2cc3c(cc2Cl)OCCO3)c1. The molecular weight excluding hydrogens is 382 g/mol. The summed E-state index contributed by atoms with van der Waals surface area (Å²) in [4.78, 5) is 0. The quantitative estimate of drug-likeness (QED) is 0.643. The van der Waals surface area contributed by atoms with Crippen LogP contribution in [0.5, 0.6) is 11.5 Å². The van der Waals surface area contributed by atoms with Gasteiger partial charge in [-0.2, -0.15) is 0 Å². The molecule has 0 radical (unpaired) electrons. The molecule has 0 spiro atoms. The van der Waals surface area contributed by atoms with Crippen molar-refractivity contribution >= 4 is 39.1 Å². The molecule has 21 heavy (non-hydrogen) atoms. The Balaban J connectivity index is 2.02. The van der Waals surface area contributed by atoms with Crippen molar-refractivity contribution in [1.82, 2.24) is 0 Å². The van der Waals surface area contributed by atoms with Gasteiger partial charge < -0.3 is 9.47 Å². The zero-order valence-corrected chi connectivity index (χ0v) is 13.8. The number of hydrogen-bond acceptors (Lipinski definition) is 2. The molecule has 0 saturated heterocycles. The fraction of sp³-hybridized carbons (Fsp3) is 0.200. The lowest BCUT2D eigenvalue weighted by atomic mass is 10.0. The molecule has 6 heteroatoms. The molecule has 0 bridgehead atoms. The molecule has 0 aliphatic carbocycles.